The molecule has 154 valence electrons. The molecule has 0 saturated heterocycles. The van der Waals surface area contributed by atoms with Gasteiger partial charge in [-0.3, -0.25) is 4.79 Å². The Balaban J connectivity index is 1.86. The first-order chi connectivity index (χ1) is 14.5. The van der Waals surface area contributed by atoms with Crippen LogP contribution in [0.25, 0.3) is 0 Å². The fourth-order valence-corrected chi connectivity index (χ4v) is 4.38. The fraction of sp³-hybridized carbons (Fsp3) is 0.208. The number of carbonyl (C=O) groups is 1. The molecular formula is C24H21Cl2NO3. The number of ether oxygens (including phenoxy) is 2. The van der Waals surface area contributed by atoms with Crippen molar-refractivity contribution in [3.63, 3.8) is 0 Å². The smallest absolute Gasteiger partial charge is 0.254 e. The summed E-state index contributed by atoms with van der Waals surface area (Å²) in [7, 11) is 3.23. The highest BCUT2D eigenvalue weighted by molar-refractivity contribution is 6.31. The minimum absolute atomic E-state index is 0.0806. The Bertz CT molecular complexity index is 1100. The lowest BCUT2D eigenvalue weighted by Gasteiger charge is -2.38. The first-order valence-corrected chi connectivity index (χ1v) is 10.3. The van der Waals surface area contributed by atoms with Crippen LogP contribution in [0.1, 0.15) is 33.1 Å². The third-order valence-electron chi connectivity index (χ3n) is 5.37. The summed E-state index contributed by atoms with van der Waals surface area (Å²) >= 11 is 12.4. The van der Waals surface area contributed by atoms with E-state index in [1.807, 2.05) is 41.3 Å². The van der Waals surface area contributed by atoms with Gasteiger partial charge in [-0.1, -0.05) is 41.4 Å². The Labute approximate surface area is 185 Å². The SMILES string of the molecule is COc1cc2c(cc1OC)C(c1cccc(Cl)c1)N(C(=O)c1cccc(Cl)c1)CC2. The summed E-state index contributed by atoms with van der Waals surface area (Å²) in [6.45, 7) is 0.561. The summed E-state index contributed by atoms with van der Waals surface area (Å²) in [6, 6.07) is 18.3. The summed E-state index contributed by atoms with van der Waals surface area (Å²) in [6.07, 6.45) is 0.707. The van der Waals surface area contributed by atoms with Crippen molar-refractivity contribution in [3.8, 4) is 11.5 Å². The number of methoxy groups -OCH3 is 2. The van der Waals surface area contributed by atoms with Gasteiger partial charge < -0.3 is 14.4 Å². The average Bonchev–Trinajstić information content (AvgIpc) is 2.76. The predicted molar refractivity (Wildman–Crippen MR) is 119 cm³/mol. The zero-order valence-corrected chi connectivity index (χ0v) is 18.2. The van der Waals surface area contributed by atoms with Crippen LogP contribution in [-0.4, -0.2) is 31.6 Å². The van der Waals surface area contributed by atoms with E-state index in [2.05, 4.69) is 0 Å². The van der Waals surface area contributed by atoms with Crippen LogP contribution < -0.4 is 9.47 Å². The molecule has 3 aromatic carbocycles. The van der Waals surface area contributed by atoms with Crippen LogP contribution in [0.15, 0.2) is 60.7 Å². The molecule has 1 aliphatic heterocycles. The molecule has 30 heavy (non-hydrogen) atoms. The maximum Gasteiger partial charge on any atom is 0.254 e. The van der Waals surface area contributed by atoms with Crippen molar-refractivity contribution >= 4 is 29.1 Å². The molecule has 4 nitrogen and oxygen atoms in total. The van der Waals surface area contributed by atoms with Crippen molar-refractivity contribution in [2.24, 2.45) is 0 Å². The van der Waals surface area contributed by atoms with E-state index in [0.29, 0.717) is 40.1 Å². The van der Waals surface area contributed by atoms with Crippen LogP contribution in [0, 0.1) is 0 Å². The number of amides is 1. The molecule has 1 atom stereocenters. The number of rotatable bonds is 4. The number of nitrogens with zero attached hydrogens (tertiary/aromatic N) is 1. The molecule has 0 aliphatic carbocycles. The molecule has 4 rings (SSSR count). The lowest BCUT2D eigenvalue weighted by Crippen LogP contribution is -2.40. The molecule has 0 spiro atoms. The van der Waals surface area contributed by atoms with Gasteiger partial charge in [0.15, 0.2) is 11.5 Å². The highest BCUT2D eigenvalue weighted by Gasteiger charge is 2.34. The quantitative estimate of drug-likeness (QED) is 0.513. The summed E-state index contributed by atoms with van der Waals surface area (Å²) in [5.41, 5.74) is 3.61. The predicted octanol–water partition coefficient (Wildman–Crippen LogP) is 5.80. The molecule has 1 unspecified atom stereocenters. The van der Waals surface area contributed by atoms with Crippen molar-refractivity contribution in [1.82, 2.24) is 4.90 Å². The minimum Gasteiger partial charge on any atom is -0.493 e. The second-order valence-corrected chi connectivity index (χ2v) is 8.00. The molecule has 0 radical (unpaired) electrons. The van der Waals surface area contributed by atoms with Crippen LogP contribution in [-0.2, 0) is 6.42 Å². The van der Waals surface area contributed by atoms with E-state index in [1.165, 1.54) is 0 Å². The Kier molecular flexibility index (Phi) is 5.89. The van der Waals surface area contributed by atoms with E-state index in [4.69, 9.17) is 32.7 Å². The van der Waals surface area contributed by atoms with Gasteiger partial charge in [-0.05, 0) is 65.6 Å². The number of carbonyl (C=O) groups excluding carboxylic acids is 1. The zero-order chi connectivity index (χ0) is 21.3. The van der Waals surface area contributed by atoms with E-state index in [9.17, 15) is 4.79 Å². The molecule has 6 heteroatoms. The number of fused-ring (bicyclic) bond motifs is 1. The third-order valence-corrected chi connectivity index (χ3v) is 5.84. The van der Waals surface area contributed by atoms with Crippen LogP contribution >= 0.6 is 23.2 Å². The van der Waals surface area contributed by atoms with E-state index in [1.54, 1.807) is 38.5 Å². The molecule has 1 amide bonds. The molecule has 1 heterocycles. The largest absolute Gasteiger partial charge is 0.493 e. The summed E-state index contributed by atoms with van der Waals surface area (Å²) in [4.78, 5) is 15.4. The Morgan fingerprint density at radius 3 is 2.27 bits per heavy atom. The monoisotopic (exact) mass is 441 g/mol. The van der Waals surface area contributed by atoms with E-state index in [0.717, 1.165) is 16.7 Å². The Morgan fingerprint density at radius 2 is 1.60 bits per heavy atom. The first-order valence-electron chi connectivity index (χ1n) is 9.58. The number of hydrogen-bond acceptors (Lipinski definition) is 3. The van der Waals surface area contributed by atoms with Gasteiger partial charge in [0, 0.05) is 22.2 Å². The lowest BCUT2D eigenvalue weighted by atomic mass is 9.87. The zero-order valence-electron chi connectivity index (χ0n) is 16.7. The minimum atomic E-state index is -0.307. The maximum atomic E-state index is 13.5. The Hall–Kier alpha value is -2.69. The van der Waals surface area contributed by atoms with Crippen molar-refractivity contribution in [2.45, 2.75) is 12.5 Å². The van der Waals surface area contributed by atoms with Crippen LogP contribution in [0.5, 0.6) is 11.5 Å². The summed E-state index contributed by atoms with van der Waals surface area (Å²) in [5, 5.41) is 1.15. The molecule has 0 fully saturated rings. The highest BCUT2D eigenvalue weighted by atomic mass is 35.5. The van der Waals surface area contributed by atoms with Crippen molar-refractivity contribution < 1.29 is 14.3 Å². The van der Waals surface area contributed by atoms with Crippen molar-refractivity contribution in [1.29, 1.82) is 0 Å². The van der Waals surface area contributed by atoms with Gasteiger partial charge in [0.05, 0.1) is 20.3 Å². The third kappa shape index (κ3) is 3.85. The first kappa shape index (κ1) is 20.6. The van der Waals surface area contributed by atoms with Gasteiger partial charge >= 0.3 is 0 Å². The van der Waals surface area contributed by atoms with Gasteiger partial charge in [-0.2, -0.15) is 0 Å². The number of halogens is 2. The second kappa shape index (κ2) is 8.58. The van der Waals surface area contributed by atoms with Gasteiger partial charge in [-0.15, -0.1) is 0 Å². The second-order valence-electron chi connectivity index (χ2n) is 7.12. The normalized spacial score (nSPS) is 15.5. The van der Waals surface area contributed by atoms with Gasteiger partial charge in [0.1, 0.15) is 0 Å². The highest BCUT2D eigenvalue weighted by Crippen LogP contribution is 2.42. The summed E-state index contributed by atoms with van der Waals surface area (Å²) < 4.78 is 11.0. The maximum absolute atomic E-state index is 13.5. The summed E-state index contributed by atoms with van der Waals surface area (Å²) in [5.74, 6) is 1.22. The standard InChI is InChI=1S/C24H21Cl2NO3/c1-29-21-13-15-9-10-27(24(28)17-6-4-8-19(26)12-17)23(20(15)14-22(21)30-2)16-5-3-7-18(25)11-16/h3-8,11-14,23H,9-10H2,1-2H3. The van der Waals surface area contributed by atoms with Gasteiger partial charge in [0.2, 0.25) is 0 Å². The molecule has 1 aliphatic rings. The average molecular weight is 442 g/mol. The molecule has 0 bridgehead atoms. The van der Waals surface area contributed by atoms with E-state index >= 15 is 0 Å². The van der Waals surface area contributed by atoms with Crippen LogP contribution in [0.4, 0.5) is 0 Å². The lowest BCUT2D eigenvalue weighted by molar-refractivity contribution is 0.0694. The van der Waals surface area contributed by atoms with Crippen LogP contribution in [0.3, 0.4) is 0 Å². The van der Waals surface area contributed by atoms with E-state index in [-0.39, 0.29) is 11.9 Å². The van der Waals surface area contributed by atoms with Crippen molar-refractivity contribution in [2.75, 3.05) is 20.8 Å². The van der Waals surface area contributed by atoms with Crippen LogP contribution in [0.2, 0.25) is 10.0 Å². The molecule has 3 aromatic rings. The molecule has 0 N–H and O–H groups in total. The molecular weight excluding hydrogens is 421 g/mol. The van der Waals surface area contributed by atoms with E-state index < -0.39 is 0 Å². The number of benzene rings is 3. The Morgan fingerprint density at radius 1 is 0.933 bits per heavy atom. The topological polar surface area (TPSA) is 38.8 Å². The van der Waals surface area contributed by atoms with Crippen molar-refractivity contribution in [3.05, 3.63) is 93.0 Å². The fourth-order valence-electron chi connectivity index (χ4n) is 3.99. The molecule has 0 aromatic heterocycles. The molecule has 0 saturated carbocycles. The van der Waals surface area contributed by atoms with Gasteiger partial charge in [-0.25, -0.2) is 0 Å². The number of hydrogen-bond donors (Lipinski definition) is 0. The van der Waals surface area contributed by atoms with Gasteiger partial charge in [0.25, 0.3) is 5.91 Å².